The Bertz CT molecular complexity index is 540. The van der Waals surface area contributed by atoms with Gasteiger partial charge in [-0.3, -0.25) is 19.4 Å². The number of amides is 1. The first-order chi connectivity index (χ1) is 11.5. The molecule has 1 aromatic carbocycles. The van der Waals surface area contributed by atoms with Crippen molar-refractivity contribution in [1.29, 1.82) is 0 Å². The molecule has 2 rings (SSSR count). The molecule has 0 spiro atoms. The lowest BCUT2D eigenvalue weighted by Gasteiger charge is -2.35. The van der Waals surface area contributed by atoms with Gasteiger partial charge in [-0.2, -0.15) is 0 Å². The summed E-state index contributed by atoms with van der Waals surface area (Å²) in [6, 6.07) is 10.3. The van der Waals surface area contributed by atoms with Crippen molar-refractivity contribution in [2.75, 3.05) is 39.3 Å². The molecule has 132 valence electrons. The number of hydrogen-bond acceptors (Lipinski definition) is 4. The van der Waals surface area contributed by atoms with Crippen molar-refractivity contribution >= 4 is 11.9 Å². The predicted octanol–water partition coefficient (Wildman–Crippen LogP) is 1.13. The largest absolute Gasteiger partial charge is 0.480 e. The van der Waals surface area contributed by atoms with E-state index in [1.165, 1.54) is 10.5 Å². The molecule has 0 atom stereocenters. The maximum Gasteiger partial charge on any atom is 0.323 e. The fourth-order valence-corrected chi connectivity index (χ4v) is 2.93. The van der Waals surface area contributed by atoms with E-state index in [2.05, 4.69) is 21.9 Å². The average molecular weight is 333 g/mol. The first kappa shape index (κ1) is 18.4. The monoisotopic (exact) mass is 333 g/mol. The summed E-state index contributed by atoms with van der Waals surface area (Å²) in [4.78, 5) is 29.2. The molecule has 24 heavy (non-hydrogen) atoms. The molecule has 1 aliphatic rings. The molecular weight excluding hydrogens is 306 g/mol. The second-order valence-corrected chi connectivity index (χ2v) is 6.55. The molecule has 1 N–H and O–H groups in total. The van der Waals surface area contributed by atoms with Gasteiger partial charge in [0.25, 0.3) is 0 Å². The Balaban J connectivity index is 1.79. The number of carbonyl (C=O) groups excluding carboxylic acids is 1. The molecule has 1 aliphatic heterocycles. The van der Waals surface area contributed by atoms with Crippen molar-refractivity contribution < 1.29 is 14.7 Å². The van der Waals surface area contributed by atoms with Crippen molar-refractivity contribution in [3.8, 4) is 0 Å². The van der Waals surface area contributed by atoms with Crippen molar-refractivity contribution in [2.24, 2.45) is 0 Å². The normalized spacial score (nSPS) is 16.3. The van der Waals surface area contributed by atoms with Crippen LogP contribution in [-0.4, -0.2) is 77.0 Å². The molecule has 0 unspecified atom stereocenters. The maximum atomic E-state index is 12.4. The number of piperazine rings is 1. The van der Waals surface area contributed by atoms with Crippen LogP contribution in [0, 0.1) is 0 Å². The van der Waals surface area contributed by atoms with Crippen LogP contribution >= 0.6 is 0 Å². The molecular formula is C18H27N3O3. The minimum Gasteiger partial charge on any atom is -0.480 e. The smallest absolute Gasteiger partial charge is 0.323 e. The number of benzene rings is 1. The molecule has 0 radical (unpaired) electrons. The third-order valence-electron chi connectivity index (χ3n) is 4.32. The number of rotatable bonds is 7. The first-order valence-electron chi connectivity index (χ1n) is 8.45. The Hall–Kier alpha value is -1.92. The van der Waals surface area contributed by atoms with Crippen LogP contribution in [0.4, 0.5) is 0 Å². The first-order valence-corrected chi connectivity index (χ1v) is 8.45. The zero-order valence-corrected chi connectivity index (χ0v) is 14.5. The molecule has 1 amide bonds. The van der Waals surface area contributed by atoms with Gasteiger partial charge < -0.3 is 10.0 Å². The summed E-state index contributed by atoms with van der Waals surface area (Å²) in [5.74, 6) is -1.08. The fourth-order valence-electron chi connectivity index (χ4n) is 2.93. The molecule has 0 aliphatic carbocycles. The quantitative estimate of drug-likeness (QED) is 0.810. The van der Waals surface area contributed by atoms with Gasteiger partial charge in [-0.15, -0.1) is 0 Å². The Labute approximate surface area is 143 Å². The minimum absolute atomic E-state index is 0.104. The SMILES string of the molecule is CC(C)N(CC(=O)O)C(=O)CN1CCN(Cc2ccccc2)CC1. The van der Waals surface area contributed by atoms with E-state index in [9.17, 15) is 9.59 Å². The van der Waals surface area contributed by atoms with Crippen LogP contribution in [0.5, 0.6) is 0 Å². The number of carboxylic acids is 1. The van der Waals surface area contributed by atoms with Gasteiger partial charge in [0, 0.05) is 38.8 Å². The van der Waals surface area contributed by atoms with Crippen molar-refractivity contribution in [3.63, 3.8) is 0 Å². The van der Waals surface area contributed by atoms with Crippen LogP contribution < -0.4 is 0 Å². The highest BCUT2D eigenvalue weighted by Crippen LogP contribution is 2.09. The number of carbonyl (C=O) groups is 2. The van der Waals surface area contributed by atoms with Gasteiger partial charge in [0.1, 0.15) is 6.54 Å². The Kier molecular flexibility index (Phi) is 6.75. The highest BCUT2D eigenvalue weighted by atomic mass is 16.4. The van der Waals surface area contributed by atoms with Crippen LogP contribution in [0.3, 0.4) is 0 Å². The molecule has 1 aromatic rings. The van der Waals surface area contributed by atoms with Gasteiger partial charge in [0.05, 0.1) is 6.54 Å². The highest BCUT2D eigenvalue weighted by Gasteiger charge is 2.24. The lowest BCUT2D eigenvalue weighted by molar-refractivity contribution is -0.146. The van der Waals surface area contributed by atoms with E-state index in [1.807, 2.05) is 32.0 Å². The summed E-state index contributed by atoms with van der Waals surface area (Å²) in [7, 11) is 0. The number of nitrogens with zero attached hydrogens (tertiary/aromatic N) is 3. The van der Waals surface area contributed by atoms with Crippen LogP contribution in [0.1, 0.15) is 19.4 Å². The summed E-state index contributed by atoms with van der Waals surface area (Å²) in [5.41, 5.74) is 1.30. The maximum absolute atomic E-state index is 12.4. The Morgan fingerprint density at radius 2 is 1.67 bits per heavy atom. The van der Waals surface area contributed by atoms with Gasteiger partial charge in [-0.1, -0.05) is 30.3 Å². The van der Waals surface area contributed by atoms with E-state index < -0.39 is 5.97 Å². The van der Waals surface area contributed by atoms with Crippen LogP contribution in [0.15, 0.2) is 30.3 Å². The van der Waals surface area contributed by atoms with Gasteiger partial charge in [-0.05, 0) is 19.4 Å². The van der Waals surface area contributed by atoms with E-state index >= 15 is 0 Å². The van der Waals surface area contributed by atoms with Crippen molar-refractivity contribution in [2.45, 2.75) is 26.4 Å². The predicted molar refractivity (Wildman–Crippen MR) is 92.6 cm³/mol. The van der Waals surface area contributed by atoms with E-state index in [1.54, 1.807) is 0 Å². The van der Waals surface area contributed by atoms with Gasteiger partial charge in [0.2, 0.25) is 5.91 Å². The second kappa shape index (κ2) is 8.80. The summed E-state index contributed by atoms with van der Waals surface area (Å²) in [6.07, 6.45) is 0. The summed E-state index contributed by atoms with van der Waals surface area (Å²) >= 11 is 0. The molecule has 1 heterocycles. The third-order valence-corrected chi connectivity index (χ3v) is 4.32. The number of carboxylic acid groups (broad SMARTS) is 1. The zero-order chi connectivity index (χ0) is 17.5. The van der Waals surface area contributed by atoms with Crippen LogP contribution in [-0.2, 0) is 16.1 Å². The topological polar surface area (TPSA) is 64.1 Å². The summed E-state index contributed by atoms with van der Waals surface area (Å²) < 4.78 is 0. The summed E-state index contributed by atoms with van der Waals surface area (Å²) in [5, 5.41) is 8.95. The van der Waals surface area contributed by atoms with Crippen molar-refractivity contribution in [1.82, 2.24) is 14.7 Å². The minimum atomic E-state index is -0.968. The lowest BCUT2D eigenvalue weighted by atomic mass is 10.2. The zero-order valence-electron chi connectivity index (χ0n) is 14.5. The Morgan fingerprint density at radius 1 is 1.08 bits per heavy atom. The van der Waals surface area contributed by atoms with E-state index in [0.29, 0.717) is 6.54 Å². The molecule has 6 nitrogen and oxygen atoms in total. The standard InChI is InChI=1S/C18H27N3O3/c1-15(2)21(14-18(23)24)17(22)13-20-10-8-19(9-11-20)12-16-6-4-3-5-7-16/h3-7,15H,8-14H2,1-2H3,(H,23,24). The molecule has 1 fully saturated rings. The van der Waals surface area contributed by atoms with E-state index in [0.717, 1.165) is 32.7 Å². The van der Waals surface area contributed by atoms with Gasteiger partial charge in [-0.25, -0.2) is 0 Å². The van der Waals surface area contributed by atoms with Crippen molar-refractivity contribution in [3.05, 3.63) is 35.9 Å². The van der Waals surface area contributed by atoms with E-state index in [4.69, 9.17) is 5.11 Å². The molecule has 0 aromatic heterocycles. The molecule has 0 saturated carbocycles. The highest BCUT2D eigenvalue weighted by molar-refractivity contribution is 5.83. The van der Waals surface area contributed by atoms with Crippen LogP contribution in [0.25, 0.3) is 0 Å². The fraction of sp³-hybridized carbons (Fsp3) is 0.556. The summed E-state index contributed by atoms with van der Waals surface area (Å²) in [6.45, 7) is 8.19. The molecule has 0 bridgehead atoms. The molecule has 1 saturated heterocycles. The molecule has 6 heteroatoms. The van der Waals surface area contributed by atoms with Crippen LogP contribution in [0.2, 0.25) is 0 Å². The second-order valence-electron chi connectivity index (χ2n) is 6.55. The third kappa shape index (κ3) is 5.62. The Morgan fingerprint density at radius 3 is 2.21 bits per heavy atom. The average Bonchev–Trinajstić information content (AvgIpc) is 2.55. The van der Waals surface area contributed by atoms with Gasteiger partial charge >= 0.3 is 5.97 Å². The number of aliphatic carboxylic acids is 1. The lowest BCUT2D eigenvalue weighted by Crippen LogP contribution is -2.51. The number of hydrogen-bond donors (Lipinski definition) is 1. The van der Waals surface area contributed by atoms with Gasteiger partial charge in [0.15, 0.2) is 0 Å². The van der Waals surface area contributed by atoms with E-state index in [-0.39, 0.29) is 18.5 Å².